The molecule has 0 saturated carbocycles. The molecular weight excluding hydrogens is 112 g/mol. The van der Waals surface area contributed by atoms with E-state index in [0.717, 1.165) is 18.3 Å². The zero-order chi connectivity index (χ0) is 7.11. The van der Waals surface area contributed by atoms with Gasteiger partial charge < -0.3 is 0 Å². The van der Waals surface area contributed by atoms with Crippen LogP contribution in [0.4, 0.5) is 0 Å². The molecule has 0 saturated heterocycles. The summed E-state index contributed by atoms with van der Waals surface area (Å²) < 4.78 is 0. The molecule has 1 aliphatic rings. The Morgan fingerprint density at radius 1 is 1.56 bits per heavy atom. The lowest BCUT2D eigenvalue weighted by molar-refractivity contribution is -0.104. The first kappa shape index (κ1) is 8.15. The van der Waals surface area contributed by atoms with Gasteiger partial charge in [-0.25, -0.2) is 0 Å². The van der Waals surface area contributed by atoms with Crippen molar-refractivity contribution >= 4 is 6.29 Å². The quantitative estimate of drug-likeness (QED) is 0.489. The highest BCUT2D eigenvalue weighted by Gasteiger charge is 1.92. The fraction of sp³-hybridized carbons (Fsp3) is 0.375. The number of carbonyl (C=O) groups excluding carboxylic acids is 1. The molecule has 1 rings (SSSR count). The maximum Gasteiger partial charge on any atom is 0.146 e. The van der Waals surface area contributed by atoms with E-state index < -0.39 is 0 Å². The third-order valence-electron chi connectivity index (χ3n) is 0.951. The van der Waals surface area contributed by atoms with Gasteiger partial charge in [0, 0.05) is 0 Å². The molecule has 0 aromatic heterocycles. The van der Waals surface area contributed by atoms with Crippen molar-refractivity contribution in [2.45, 2.75) is 20.3 Å². The van der Waals surface area contributed by atoms with Crippen molar-refractivity contribution in [3.8, 4) is 0 Å². The first-order valence-corrected chi connectivity index (χ1v) is 3.24. The fourth-order valence-corrected chi connectivity index (χ4v) is 0.551. The highest BCUT2D eigenvalue weighted by molar-refractivity contribution is 5.75. The molecule has 0 aromatic carbocycles. The highest BCUT2D eigenvalue weighted by atomic mass is 16.1. The topological polar surface area (TPSA) is 17.1 Å². The van der Waals surface area contributed by atoms with E-state index in [1.807, 2.05) is 32.1 Å². The molecule has 0 N–H and O–H groups in total. The van der Waals surface area contributed by atoms with Crippen LogP contribution in [-0.2, 0) is 4.79 Å². The minimum atomic E-state index is 0.823. The molecule has 0 fully saturated rings. The van der Waals surface area contributed by atoms with E-state index in [-0.39, 0.29) is 0 Å². The molecule has 1 aliphatic carbocycles. The van der Waals surface area contributed by atoms with Crippen LogP contribution in [0.1, 0.15) is 20.3 Å². The van der Waals surface area contributed by atoms with Gasteiger partial charge in [0.25, 0.3) is 0 Å². The second-order valence-corrected chi connectivity index (χ2v) is 1.49. The summed E-state index contributed by atoms with van der Waals surface area (Å²) in [6.07, 6.45) is 7.39. The number of allylic oxidation sites excluding steroid dienone is 4. The van der Waals surface area contributed by atoms with Crippen molar-refractivity contribution in [1.29, 1.82) is 0 Å². The van der Waals surface area contributed by atoms with E-state index in [1.165, 1.54) is 0 Å². The van der Waals surface area contributed by atoms with Gasteiger partial charge in [0.15, 0.2) is 0 Å². The SMILES string of the molecule is CC.O=CC1=CC=CC1. The van der Waals surface area contributed by atoms with E-state index in [4.69, 9.17) is 0 Å². The molecule has 0 amide bonds. The van der Waals surface area contributed by atoms with Gasteiger partial charge in [-0.3, -0.25) is 4.79 Å². The summed E-state index contributed by atoms with van der Waals surface area (Å²) >= 11 is 0. The fourth-order valence-electron chi connectivity index (χ4n) is 0.551. The van der Waals surface area contributed by atoms with Crippen LogP contribution >= 0.6 is 0 Å². The van der Waals surface area contributed by atoms with Crippen LogP contribution in [0.2, 0.25) is 0 Å². The highest BCUT2D eigenvalue weighted by Crippen LogP contribution is 2.05. The van der Waals surface area contributed by atoms with Crippen molar-refractivity contribution in [3.05, 3.63) is 23.8 Å². The molecule has 0 radical (unpaired) electrons. The third kappa shape index (κ3) is 2.85. The van der Waals surface area contributed by atoms with Gasteiger partial charge in [-0.05, 0) is 12.0 Å². The number of rotatable bonds is 1. The predicted molar refractivity (Wildman–Crippen MR) is 39.3 cm³/mol. The molecule has 0 aliphatic heterocycles. The average molecular weight is 124 g/mol. The Labute approximate surface area is 56.1 Å². The molecule has 50 valence electrons. The zero-order valence-corrected chi connectivity index (χ0v) is 5.92. The van der Waals surface area contributed by atoms with Gasteiger partial charge in [0.05, 0.1) is 0 Å². The lowest BCUT2D eigenvalue weighted by Crippen LogP contribution is -1.73. The molecule has 0 unspecified atom stereocenters. The Hall–Kier alpha value is -0.850. The van der Waals surface area contributed by atoms with Crippen LogP contribution in [0.15, 0.2) is 23.8 Å². The van der Waals surface area contributed by atoms with Crippen LogP contribution in [0.5, 0.6) is 0 Å². The van der Waals surface area contributed by atoms with E-state index >= 15 is 0 Å². The van der Waals surface area contributed by atoms with E-state index in [0.29, 0.717) is 0 Å². The zero-order valence-electron chi connectivity index (χ0n) is 5.92. The second kappa shape index (κ2) is 5.29. The van der Waals surface area contributed by atoms with E-state index in [9.17, 15) is 4.79 Å². The van der Waals surface area contributed by atoms with Crippen molar-refractivity contribution in [3.63, 3.8) is 0 Å². The number of hydrogen-bond donors (Lipinski definition) is 0. The maximum absolute atomic E-state index is 9.90. The Bertz CT molecular complexity index is 132. The minimum Gasteiger partial charge on any atom is -0.298 e. The lowest BCUT2D eigenvalue weighted by Gasteiger charge is -1.78. The summed E-state index contributed by atoms with van der Waals surface area (Å²) in [5.41, 5.74) is 0.875. The van der Waals surface area contributed by atoms with E-state index in [2.05, 4.69) is 0 Å². The van der Waals surface area contributed by atoms with Gasteiger partial charge in [0.1, 0.15) is 6.29 Å². The first-order chi connectivity index (χ1) is 4.43. The Morgan fingerprint density at radius 2 is 2.22 bits per heavy atom. The lowest BCUT2D eigenvalue weighted by atomic mass is 10.3. The number of hydrogen-bond acceptors (Lipinski definition) is 1. The molecule has 0 heterocycles. The molecular formula is C8H12O. The summed E-state index contributed by atoms with van der Waals surface area (Å²) in [5, 5.41) is 0. The minimum absolute atomic E-state index is 0.823. The van der Waals surface area contributed by atoms with Crippen LogP contribution in [0.3, 0.4) is 0 Å². The largest absolute Gasteiger partial charge is 0.298 e. The summed E-state index contributed by atoms with van der Waals surface area (Å²) in [7, 11) is 0. The van der Waals surface area contributed by atoms with Crippen molar-refractivity contribution in [1.82, 2.24) is 0 Å². The predicted octanol–water partition coefficient (Wildman–Crippen LogP) is 2.10. The number of aldehydes is 1. The van der Waals surface area contributed by atoms with Crippen molar-refractivity contribution in [2.24, 2.45) is 0 Å². The summed E-state index contributed by atoms with van der Waals surface area (Å²) in [4.78, 5) is 9.90. The molecule has 1 nitrogen and oxygen atoms in total. The summed E-state index contributed by atoms with van der Waals surface area (Å²) in [6, 6.07) is 0. The van der Waals surface area contributed by atoms with Crippen LogP contribution < -0.4 is 0 Å². The van der Waals surface area contributed by atoms with Gasteiger partial charge in [-0.15, -0.1) is 0 Å². The molecule has 0 aromatic rings. The van der Waals surface area contributed by atoms with Crippen molar-refractivity contribution < 1.29 is 4.79 Å². The molecule has 0 atom stereocenters. The third-order valence-corrected chi connectivity index (χ3v) is 0.951. The standard InChI is InChI=1S/C6H6O.C2H6/c7-5-6-3-1-2-4-6;1-2/h1-3,5H,4H2;1-2H3. The van der Waals surface area contributed by atoms with Gasteiger partial charge in [-0.2, -0.15) is 0 Å². The Kier molecular flexibility index (Phi) is 4.79. The Balaban J connectivity index is 0.000000291. The van der Waals surface area contributed by atoms with Crippen LogP contribution in [-0.4, -0.2) is 6.29 Å². The van der Waals surface area contributed by atoms with Gasteiger partial charge in [-0.1, -0.05) is 32.1 Å². The normalized spacial score (nSPS) is 13.8. The summed E-state index contributed by atoms with van der Waals surface area (Å²) in [5.74, 6) is 0. The van der Waals surface area contributed by atoms with Gasteiger partial charge >= 0.3 is 0 Å². The Morgan fingerprint density at radius 3 is 2.44 bits per heavy atom. The molecule has 9 heavy (non-hydrogen) atoms. The van der Waals surface area contributed by atoms with Crippen molar-refractivity contribution in [2.75, 3.05) is 0 Å². The van der Waals surface area contributed by atoms with Crippen LogP contribution in [0, 0.1) is 0 Å². The molecule has 0 bridgehead atoms. The number of carbonyl (C=O) groups is 1. The first-order valence-electron chi connectivity index (χ1n) is 3.24. The smallest absolute Gasteiger partial charge is 0.146 e. The summed E-state index contributed by atoms with van der Waals surface area (Å²) in [6.45, 7) is 4.00. The second-order valence-electron chi connectivity index (χ2n) is 1.49. The monoisotopic (exact) mass is 124 g/mol. The molecule has 1 heteroatoms. The maximum atomic E-state index is 9.90. The molecule has 0 spiro atoms. The van der Waals surface area contributed by atoms with E-state index in [1.54, 1.807) is 0 Å². The average Bonchev–Trinajstić information content (AvgIpc) is 2.43. The van der Waals surface area contributed by atoms with Crippen LogP contribution in [0.25, 0.3) is 0 Å². The van der Waals surface area contributed by atoms with Gasteiger partial charge in [0.2, 0.25) is 0 Å².